The van der Waals surface area contributed by atoms with Crippen LogP contribution >= 0.6 is 23.2 Å². The molecular formula is C14H16Cl2F2N6O. The Balaban J connectivity index is 1.77. The molecule has 2 aromatic heterocycles. The summed E-state index contributed by atoms with van der Waals surface area (Å²) in [6.07, 6.45) is 3.88. The van der Waals surface area contributed by atoms with E-state index in [0.29, 0.717) is 27.0 Å². The highest BCUT2D eigenvalue weighted by Gasteiger charge is 2.15. The van der Waals surface area contributed by atoms with Crippen molar-refractivity contribution in [1.29, 1.82) is 0 Å². The molecule has 0 saturated heterocycles. The van der Waals surface area contributed by atoms with E-state index in [1.54, 1.807) is 6.07 Å². The van der Waals surface area contributed by atoms with Crippen molar-refractivity contribution in [3.63, 3.8) is 0 Å². The zero-order chi connectivity index (χ0) is 18.4. The van der Waals surface area contributed by atoms with E-state index < -0.39 is 12.6 Å². The molecule has 0 aromatic carbocycles. The molecule has 0 atom stereocenters. The van der Waals surface area contributed by atoms with Gasteiger partial charge in [-0.2, -0.15) is 8.78 Å². The molecule has 0 fully saturated rings. The second-order valence-electron chi connectivity index (χ2n) is 5.03. The molecular weight excluding hydrogens is 377 g/mol. The maximum atomic E-state index is 12.8. The van der Waals surface area contributed by atoms with Gasteiger partial charge in [-0.3, -0.25) is 4.57 Å². The van der Waals surface area contributed by atoms with Crippen molar-refractivity contribution in [2.75, 3.05) is 25.5 Å². The van der Waals surface area contributed by atoms with Gasteiger partial charge in [0.05, 0.1) is 16.6 Å². The highest BCUT2D eigenvalue weighted by Crippen LogP contribution is 2.22. The number of nitrogens with zero attached hydrogens (tertiary/aromatic N) is 4. The van der Waals surface area contributed by atoms with Gasteiger partial charge in [0.2, 0.25) is 0 Å². The van der Waals surface area contributed by atoms with Crippen LogP contribution in [0.3, 0.4) is 0 Å². The van der Waals surface area contributed by atoms with Crippen molar-refractivity contribution in [1.82, 2.24) is 24.8 Å². The number of pyridine rings is 1. The topological polar surface area (TPSA) is 75.1 Å². The standard InChI is InChI=1S/C14H16Cl2F2N6O/c1-23(8-11-19-4-5-24(11)13(17)18)14(25)21-3-2-20-12-10(16)6-9(15)7-22-12/h4-7,13H,2-3,8H2,1H3,(H,20,22)(H,21,25). The number of nitrogens with one attached hydrogen (secondary N) is 2. The van der Waals surface area contributed by atoms with E-state index in [1.807, 2.05) is 0 Å². The number of anilines is 1. The van der Waals surface area contributed by atoms with Gasteiger partial charge in [0.25, 0.3) is 0 Å². The lowest BCUT2D eigenvalue weighted by Crippen LogP contribution is -2.39. The van der Waals surface area contributed by atoms with Crippen LogP contribution in [-0.2, 0) is 6.54 Å². The first-order chi connectivity index (χ1) is 11.9. The molecule has 0 aliphatic heterocycles. The minimum atomic E-state index is -2.70. The van der Waals surface area contributed by atoms with Gasteiger partial charge >= 0.3 is 12.6 Å². The number of hydrogen-bond donors (Lipinski definition) is 2. The maximum absolute atomic E-state index is 12.8. The van der Waals surface area contributed by atoms with Crippen LogP contribution in [0.1, 0.15) is 12.4 Å². The minimum Gasteiger partial charge on any atom is -0.367 e. The molecule has 2 amide bonds. The number of rotatable bonds is 7. The lowest BCUT2D eigenvalue weighted by atomic mass is 10.4. The summed E-state index contributed by atoms with van der Waals surface area (Å²) in [5.41, 5.74) is 0. The van der Waals surface area contributed by atoms with E-state index in [-0.39, 0.29) is 18.9 Å². The smallest absolute Gasteiger partial charge is 0.319 e. The number of carbonyl (C=O) groups is 1. The van der Waals surface area contributed by atoms with Crippen LogP contribution in [0.4, 0.5) is 19.4 Å². The van der Waals surface area contributed by atoms with Crippen molar-refractivity contribution < 1.29 is 13.6 Å². The summed E-state index contributed by atoms with van der Waals surface area (Å²) in [7, 11) is 1.49. The van der Waals surface area contributed by atoms with Gasteiger partial charge in [0.1, 0.15) is 11.6 Å². The number of halogens is 4. The third-order valence-electron chi connectivity index (χ3n) is 3.19. The van der Waals surface area contributed by atoms with Gasteiger partial charge in [0.15, 0.2) is 0 Å². The number of urea groups is 1. The van der Waals surface area contributed by atoms with Gasteiger partial charge in [-0.1, -0.05) is 23.2 Å². The molecule has 0 radical (unpaired) electrons. The number of aromatic nitrogens is 3. The van der Waals surface area contributed by atoms with E-state index in [2.05, 4.69) is 20.6 Å². The van der Waals surface area contributed by atoms with Gasteiger partial charge in [-0.05, 0) is 6.07 Å². The van der Waals surface area contributed by atoms with Crippen LogP contribution < -0.4 is 10.6 Å². The van der Waals surface area contributed by atoms with Crippen molar-refractivity contribution >= 4 is 35.1 Å². The van der Waals surface area contributed by atoms with Crippen molar-refractivity contribution in [3.05, 3.63) is 40.5 Å². The van der Waals surface area contributed by atoms with E-state index in [9.17, 15) is 13.6 Å². The fraction of sp³-hybridized carbons (Fsp3) is 0.357. The summed E-state index contributed by atoms with van der Waals surface area (Å²) in [6, 6.07) is 1.14. The molecule has 2 aromatic rings. The third kappa shape index (κ3) is 5.43. The molecule has 0 unspecified atom stereocenters. The van der Waals surface area contributed by atoms with E-state index >= 15 is 0 Å². The predicted molar refractivity (Wildman–Crippen MR) is 91.1 cm³/mol. The number of carbonyl (C=O) groups excluding carboxylic acids is 1. The highest BCUT2D eigenvalue weighted by atomic mass is 35.5. The average Bonchev–Trinajstić information content (AvgIpc) is 3.01. The quantitative estimate of drug-likeness (QED) is 0.709. The van der Waals surface area contributed by atoms with Crippen LogP contribution in [0.5, 0.6) is 0 Å². The van der Waals surface area contributed by atoms with Gasteiger partial charge < -0.3 is 15.5 Å². The first-order valence-electron chi connectivity index (χ1n) is 7.22. The van der Waals surface area contributed by atoms with Gasteiger partial charge in [0, 0.05) is 38.7 Å². The third-order valence-corrected chi connectivity index (χ3v) is 3.68. The fourth-order valence-electron chi connectivity index (χ4n) is 1.96. The predicted octanol–water partition coefficient (Wildman–Crippen LogP) is 3.23. The monoisotopic (exact) mass is 392 g/mol. The summed E-state index contributed by atoms with van der Waals surface area (Å²) >= 11 is 11.7. The summed E-state index contributed by atoms with van der Waals surface area (Å²) < 4.78 is 26.2. The average molecular weight is 393 g/mol. The van der Waals surface area contributed by atoms with Crippen LogP contribution in [0, 0.1) is 0 Å². The molecule has 0 aliphatic carbocycles. The maximum Gasteiger partial charge on any atom is 0.319 e. The molecule has 0 aliphatic rings. The fourth-order valence-corrected chi connectivity index (χ4v) is 2.40. The highest BCUT2D eigenvalue weighted by molar-refractivity contribution is 6.35. The molecule has 2 rings (SSSR count). The normalized spacial score (nSPS) is 10.8. The van der Waals surface area contributed by atoms with Crippen LogP contribution in [0.2, 0.25) is 10.0 Å². The van der Waals surface area contributed by atoms with Gasteiger partial charge in [-0.15, -0.1) is 0 Å². The van der Waals surface area contributed by atoms with Crippen LogP contribution in [0.25, 0.3) is 0 Å². The Labute approximate surface area is 152 Å². The Bertz CT molecular complexity index is 727. The zero-order valence-corrected chi connectivity index (χ0v) is 14.7. The lowest BCUT2D eigenvalue weighted by Gasteiger charge is -2.18. The number of amides is 2. The molecule has 2 heterocycles. The molecule has 25 heavy (non-hydrogen) atoms. The number of hydrogen-bond acceptors (Lipinski definition) is 4. The number of alkyl halides is 2. The second kappa shape index (κ2) is 8.82. The molecule has 7 nitrogen and oxygen atoms in total. The second-order valence-corrected chi connectivity index (χ2v) is 5.87. The molecule has 0 spiro atoms. The van der Waals surface area contributed by atoms with Crippen molar-refractivity contribution in [3.8, 4) is 0 Å². The first-order valence-corrected chi connectivity index (χ1v) is 7.98. The van der Waals surface area contributed by atoms with Crippen molar-refractivity contribution in [2.24, 2.45) is 0 Å². The Morgan fingerprint density at radius 1 is 1.36 bits per heavy atom. The summed E-state index contributed by atoms with van der Waals surface area (Å²) in [5.74, 6) is 0.551. The van der Waals surface area contributed by atoms with E-state index in [0.717, 1.165) is 0 Å². The Morgan fingerprint density at radius 3 is 2.80 bits per heavy atom. The molecule has 2 N–H and O–H groups in total. The Kier molecular flexibility index (Phi) is 6.77. The molecule has 0 saturated carbocycles. The minimum absolute atomic E-state index is 0.0405. The Hall–Kier alpha value is -2.13. The first kappa shape index (κ1) is 19.2. The van der Waals surface area contributed by atoms with Gasteiger partial charge in [-0.25, -0.2) is 14.8 Å². The molecule has 136 valence electrons. The molecule has 0 bridgehead atoms. The van der Waals surface area contributed by atoms with Crippen LogP contribution in [-0.4, -0.2) is 45.6 Å². The largest absolute Gasteiger partial charge is 0.367 e. The molecule has 11 heteroatoms. The lowest BCUT2D eigenvalue weighted by molar-refractivity contribution is 0.0651. The number of imidazole rings is 1. The summed E-state index contributed by atoms with van der Waals surface area (Å²) in [4.78, 5) is 21.1. The van der Waals surface area contributed by atoms with E-state index in [4.69, 9.17) is 23.2 Å². The van der Waals surface area contributed by atoms with E-state index in [1.165, 1.54) is 30.5 Å². The summed E-state index contributed by atoms with van der Waals surface area (Å²) in [6.45, 7) is -2.08. The van der Waals surface area contributed by atoms with Crippen molar-refractivity contribution in [2.45, 2.75) is 13.1 Å². The Morgan fingerprint density at radius 2 is 2.12 bits per heavy atom. The SMILES string of the molecule is CN(Cc1nccn1C(F)F)C(=O)NCCNc1ncc(Cl)cc1Cl. The zero-order valence-electron chi connectivity index (χ0n) is 13.2. The van der Waals surface area contributed by atoms with Crippen LogP contribution in [0.15, 0.2) is 24.7 Å². The summed E-state index contributed by atoms with van der Waals surface area (Å²) in [5, 5.41) is 6.40.